The summed E-state index contributed by atoms with van der Waals surface area (Å²) in [6, 6.07) is 5.82. The Morgan fingerprint density at radius 1 is 1.14 bits per heavy atom. The topological polar surface area (TPSA) is 37.4 Å². The van der Waals surface area contributed by atoms with Crippen molar-refractivity contribution in [2.24, 2.45) is 16.7 Å². The van der Waals surface area contributed by atoms with Gasteiger partial charge in [-0.2, -0.15) is 0 Å². The predicted octanol–water partition coefficient (Wildman–Crippen LogP) is 3.62. The number of carbonyl (C=O) groups is 2. The summed E-state index contributed by atoms with van der Waals surface area (Å²) in [5.74, 6) is -0.103. The Kier molecular flexibility index (Phi) is 2.85. The van der Waals surface area contributed by atoms with Crippen LogP contribution >= 0.6 is 0 Å². The van der Waals surface area contributed by atoms with Gasteiger partial charge in [-0.15, -0.1) is 0 Å². The molecule has 0 unspecified atom stereocenters. The largest absolute Gasteiger partial charge is 0.274 e. The molecule has 3 nitrogen and oxygen atoms in total. The van der Waals surface area contributed by atoms with Crippen LogP contribution in [0.25, 0.3) is 0 Å². The first-order chi connectivity index (χ1) is 9.72. The van der Waals surface area contributed by atoms with Crippen LogP contribution in [0.5, 0.6) is 0 Å². The van der Waals surface area contributed by atoms with Crippen LogP contribution in [0.1, 0.15) is 44.7 Å². The number of nitrogens with zero attached hydrogens (tertiary/aromatic N) is 1. The molecular formula is C18H23NO2. The van der Waals surface area contributed by atoms with Crippen LogP contribution in [0.4, 0.5) is 5.69 Å². The number of amides is 2. The van der Waals surface area contributed by atoms with Gasteiger partial charge in [-0.05, 0) is 49.3 Å². The summed E-state index contributed by atoms with van der Waals surface area (Å²) in [6.45, 7) is 10.2. The Morgan fingerprint density at radius 2 is 1.81 bits per heavy atom. The minimum atomic E-state index is -0.443. The van der Waals surface area contributed by atoms with Gasteiger partial charge in [0.25, 0.3) is 0 Å². The number of rotatable bonds is 1. The molecule has 3 heteroatoms. The molecule has 2 fully saturated rings. The van der Waals surface area contributed by atoms with E-state index in [0.29, 0.717) is 0 Å². The number of hydrogen-bond donors (Lipinski definition) is 0. The first-order valence-corrected chi connectivity index (χ1v) is 7.66. The summed E-state index contributed by atoms with van der Waals surface area (Å²) in [5, 5.41) is 0. The lowest BCUT2D eigenvalue weighted by molar-refractivity contribution is -0.146. The Balaban J connectivity index is 2.16. The van der Waals surface area contributed by atoms with Crippen molar-refractivity contribution in [2.45, 2.75) is 47.5 Å². The normalized spacial score (nSPS) is 30.9. The molecule has 1 saturated carbocycles. The predicted molar refractivity (Wildman–Crippen MR) is 83.0 cm³/mol. The molecule has 3 rings (SSSR count). The third-order valence-electron chi connectivity index (χ3n) is 6.24. The molecule has 2 bridgehead atoms. The van der Waals surface area contributed by atoms with Gasteiger partial charge in [-0.1, -0.05) is 32.9 Å². The fraction of sp³-hybridized carbons (Fsp3) is 0.556. The van der Waals surface area contributed by atoms with Gasteiger partial charge in [0.15, 0.2) is 0 Å². The van der Waals surface area contributed by atoms with Crippen LogP contribution < -0.4 is 4.90 Å². The number of hydrogen-bond acceptors (Lipinski definition) is 2. The van der Waals surface area contributed by atoms with Crippen molar-refractivity contribution in [3.63, 3.8) is 0 Å². The molecule has 0 aromatic heterocycles. The summed E-state index contributed by atoms with van der Waals surface area (Å²) < 4.78 is 0. The first-order valence-electron chi connectivity index (χ1n) is 7.66. The number of piperidine rings is 1. The molecule has 2 aliphatic rings. The molecule has 112 valence electrons. The number of aryl methyl sites for hydroxylation is 1. The highest BCUT2D eigenvalue weighted by molar-refractivity contribution is 6.21. The van der Waals surface area contributed by atoms with Crippen molar-refractivity contribution < 1.29 is 9.59 Å². The van der Waals surface area contributed by atoms with Gasteiger partial charge >= 0.3 is 0 Å². The molecule has 0 spiro atoms. The van der Waals surface area contributed by atoms with E-state index in [1.165, 1.54) is 4.90 Å². The van der Waals surface area contributed by atoms with Gasteiger partial charge in [-0.25, -0.2) is 4.90 Å². The molecular weight excluding hydrogens is 262 g/mol. The Bertz CT molecular complexity index is 647. The number of fused-ring (bicyclic) bond motifs is 2. The average Bonchev–Trinajstić information content (AvgIpc) is 2.59. The summed E-state index contributed by atoms with van der Waals surface area (Å²) in [7, 11) is 0. The van der Waals surface area contributed by atoms with Crippen molar-refractivity contribution in [3.8, 4) is 0 Å². The number of anilines is 1. The molecule has 1 aromatic rings. The van der Waals surface area contributed by atoms with Crippen LogP contribution in [0, 0.1) is 30.6 Å². The van der Waals surface area contributed by atoms with Gasteiger partial charge in [0.2, 0.25) is 11.8 Å². The Morgan fingerprint density at radius 3 is 2.48 bits per heavy atom. The van der Waals surface area contributed by atoms with Gasteiger partial charge in [-0.3, -0.25) is 9.59 Å². The van der Waals surface area contributed by atoms with E-state index in [2.05, 4.69) is 13.8 Å². The third kappa shape index (κ3) is 1.60. The quantitative estimate of drug-likeness (QED) is 0.739. The van der Waals surface area contributed by atoms with E-state index in [-0.39, 0.29) is 23.1 Å². The van der Waals surface area contributed by atoms with Crippen LogP contribution in [0.2, 0.25) is 0 Å². The molecule has 1 aliphatic heterocycles. The van der Waals surface area contributed by atoms with E-state index < -0.39 is 5.41 Å². The van der Waals surface area contributed by atoms with Crippen molar-refractivity contribution in [1.29, 1.82) is 0 Å². The monoisotopic (exact) mass is 285 g/mol. The second-order valence-corrected chi connectivity index (χ2v) is 7.34. The van der Waals surface area contributed by atoms with Gasteiger partial charge in [0, 0.05) is 5.92 Å². The lowest BCUT2D eigenvalue weighted by Gasteiger charge is -2.47. The van der Waals surface area contributed by atoms with E-state index in [9.17, 15) is 9.59 Å². The van der Waals surface area contributed by atoms with Crippen molar-refractivity contribution in [3.05, 3.63) is 29.3 Å². The van der Waals surface area contributed by atoms with Gasteiger partial charge < -0.3 is 0 Å². The molecule has 1 aliphatic carbocycles. The zero-order valence-electron chi connectivity index (χ0n) is 13.5. The average molecular weight is 285 g/mol. The van der Waals surface area contributed by atoms with E-state index in [4.69, 9.17) is 0 Å². The maximum Gasteiger partial charge on any atom is 0.240 e. The molecule has 1 saturated heterocycles. The molecule has 2 amide bonds. The fourth-order valence-electron chi connectivity index (χ4n) is 4.02. The summed E-state index contributed by atoms with van der Waals surface area (Å²) >= 11 is 0. The standard InChI is InChI=1S/C18H23NO2/c1-11-7-6-8-14(12(11)2)19-15(20)13-9-10-18(5,16(19)21)17(13,3)4/h6-8,13H,9-10H2,1-5H3/t13-,18+/m0/s1. The lowest BCUT2D eigenvalue weighted by atomic mass is 9.62. The zero-order chi connectivity index (χ0) is 15.6. The summed E-state index contributed by atoms with van der Waals surface area (Å²) in [6.07, 6.45) is 1.62. The minimum absolute atomic E-state index is 0.0197. The second kappa shape index (κ2) is 4.19. The lowest BCUT2D eigenvalue weighted by Crippen LogP contribution is -2.59. The maximum absolute atomic E-state index is 13.1. The van der Waals surface area contributed by atoms with Crippen LogP contribution in [-0.2, 0) is 9.59 Å². The highest BCUT2D eigenvalue weighted by Crippen LogP contribution is 2.60. The molecule has 2 atom stereocenters. The van der Waals surface area contributed by atoms with E-state index in [1.54, 1.807) is 0 Å². The van der Waals surface area contributed by atoms with Crippen molar-refractivity contribution in [1.82, 2.24) is 0 Å². The Labute approximate surface area is 126 Å². The molecule has 21 heavy (non-hydrogen) atoms. The second-order valence-electron chi connectivity index (χ2n) is 7.34. The third-order valence-corrected chi connectivity index (χ3v) is 6.24. The highest BCUT2D eigenvalue weighted by Gasteiger charge is 2.64. The number of benzene rings is 1. The van der Waals surface area contributed by atoms with E-state index >= 15 is 0 Å². The number of carbonyl (C=O) groups excluding carboxylic acids is 2. The Hall–Kier alpha value is -1.64. The highest BCUT2D eigenvalue weighted by atomic mass is 16.2. The minimum Gasteiger partial charge on any atom is -0.274 e. The zero-order valence-corrected chi connectivity index (χ0v) is 13.5. The first kappa shape index (κ1) is 14.3. The molecule has 0 N–H and O–H groups in total. The van der Waals surface area contributed by atoms with Crippen LogP contribution in [0.3, 0.4) is 0 Å². The molecule has 0 radical (unpaired) electrons. The molecule has 1 heterocycles. The fourth-order valence-corrected chi connectivity index (χ4v) is 4.02. The van der Waals surface area contributed by atoms with Crippen LogP contribution in [-0.4, -0.2) is 11.8 Å². The SMILES string of the molecule is Cc1cccc(N2C(=O)[C@@H]3CC[C@](C)(C2=O)C3(C)C)c1C. The van der Waals surface area contributed by atoms with E-state index in [1.807, 2.05) is 39.0 Å². The maximum atomic E-state index is 13.1. The number of imide groups is 1. The summed E-state index contributed by atoms with van der Waals surface area (Å²) in [5.41, 5.74) is 2.19. The van der Waals surface area contributed by atoms with Gasteiger partial charge in [0.05, 0.1) is 11.1 Å². The van der Waals surface area contributed by atoms with E-state index in [0.717, 1.165) is 29.7 Å². The van der Waals surface area contributed by atoms with Crippen molar-refractivity contribution in [2.75, 3.05) is 4.90 Å². The van der Waals surface area contributed by atoms with Crippen molar-refractivity contribution >= 4 is 17.5 Å². The molecule has 1 aromatic carbocycles. The summed E-state index contributed by atoms with van der Waals surface area (Å²) in [4.78, 5) is 27.5. The van der Waals surface area contributed by atoms with Crippen LogP contribution in [0.15, 0.2) is 18.2 Å². The smallest absolute Gasteiger partial charge is 0.240 e. The van der Waals surface area contributed by atoms with Gasteiger partial charge in [0.1, 0.15) is 0 Å².